The van der Waals surface area contributed by atoms with Gasteiger partial charge in [0.05, 0.1) is 19.0 Å². The van der Waals surface area contributed by atoms with Crippen LogP contribution in [0.15, 0.2) is 0 Å². The topological polar surface area (TPSA) is 102 Å². The van der Waals surface area contributed by atoms with Gasteiger partial charge >= 0.3 is 0 Å². The second-order valence-electron chi connectivity index (χ2n) is 9.72. The Hall–Kier alpha value is -2.33. The van der Waals surface area contributed by atoms with Crippen molar-refractivity contribution >= 4 is 18.1 Å². The van der Waals surface area contributed by atoms with E-state index in [-0.39, 0.29) is 24.7 Å². The number of hydrogen-bond acceptors (Lipinski definition) is 7. The molecule has 1 aromatic rings. The van der Waals surface area contributed by atoms with E-state index in [2.05, 4.69) is 34.0 Å². The lowest BCUT2D eigenvalue weighted by Crippen LogP contribution is -2.49. The average molecular weight is 479 g/mol. The number of hydrogen-bond donors (Lipinski definition) is 2. The van der Waals surface area contributed by atoms with E-state index in [0.29, 0.717) is 61.0 Å². The van der Waals surface area contributed by atoms with Gasteiger partial charge in [0.1, 0.15) is 11.5 Å². The van der Waals surface area contributed by atoms with Gasteiger partial charge in [0.15, 0.2) is 11.6 Å². The fourth-order valence-electron chi connectivity index (χ4n) is 4.96. The number of amides is 2. The molecule has 2 aliphatic rings. The summed E-state index contributed by atoms with van der Waals surface area (Å²) in [5, 5.41) is 13.0. The molecule has 0 aromatic carbocycles. The van der Waals surface area contributed by atoms with Crippen LogP contribution < -0.4 is 10.2 Å². The lowest BCUT2D eigenvalue weighted by molar-refractivity contribution is -0.155. The van der Waals surface area contributed by atoms with Gasteiger partial charge in [-0.2, -0.15) is 0 Å². The number of piperazine rings is 1. The smallest absolute Gasteiger partial charge is 0.233 e. The summed E-state index contributed by atoms with van der Waals surface area (Å²) >= 11 is 0. The molecule has 1 saturated heterocycles. The maximum atomic E-state index is 15.4. The molecule has 1 atom stereocenters. The molecule has 0 unspecified atom stereocenters. The summed E-state index contributed by atoms with van der Waals surface area (Å²) in [5.74, 6) is -0.135. The first kappa shape index (κ1) is 26.3. The Labute approximate surface area is 201 Å². The molecule has 1 saturated carbocycles. The average Bonchev–Trinajstić information content (AvgIpc) is 3.36. The zero-order valence-electron chi connectivity index (χ0n) is 20.7. The lowest BCUT2D eigenvalue weighted by atomic mass is 9.92. The standard InChI is InChI=1S/C24H39FN6O3/c1-4-21-27-20(22(25)23(28-21)30-11-9-29(10-12-30)17(2)3)14-26-24(33)19(15-31(34)16-32)13-18-7-5-6-8-18/h16-19,34H,4-15H2,1-3H3,(H,26,33)/t19-/m1/s1. The van der Waals surface area contributed by atoms with E-state index < -0.39 is 11.7 Å². The summed E-state index contributed by atoms with van der Waals surface area (Å²) in [5.41, 5.74) is 0.164. The van der Waals surface area contributed by atoms with Gasteiger partial charge in [0.2, 0.25) is 12.3 Å². The molecule has 2 N–H and O–H groups in total. The molecule has 9 nitrogen and oxygen atoms in total. The molecule has 0 bridgehead atoms. The van der Waals surface area contributed by atoms with Gasteiger partial charge in [-0.15, -0.1) is 0 Å². The van der Waals surface area contributed by atoms with Crippen LogP contribution in [0.1, 0.15) is 64.4 Å². The summed E-state index contributed by atoms with van der Waals surface area (Å²) in [4.78, 5) is 37.0. The van der Waals surface area contributed by atoms with Gasteiger partial charge in [-0.05, 0) is 26.2 Å². The fraction of sp³-hybridized carbons (Fsp3) is 0.750. The molecule has 190 valence electrons. The van der Waals surface area contributed by atoms with Crippen LogP contribution in [0.4, 0.5) is 10.2 Å². The van der Waals surface area contributed by atoms with Crippen molar-refractivity contribution in [2.75, 3.05) is 37.6 Å². The Kier molecular flexibility index (Phi) is 9.58. The Bertz CT molecular complexity index is 825. The van der Waals surface area contributed by atoms with Crippen molar-refractivity contribution in [1.29, 1.82) is 0 Å². The molecule has 0 spiro atoms. The highest BCUT2D eigenvalue weighted by Crippen LogP contribution is 2.31. The van der Waals surface area contributed by atoms with Gasteiger partial charge in [-0.1, -0.05) is 32.6 Å². The Morgan fingerprint density at radius 2 is 1.91 bits per heavy atom. The zero-order chi connectivity index (χ0) is 24.7. The SMILES string of the molecule is CCc1nc(CNC(=O)[C@H](CC2CCCC2)CN(O)C=O)c(F)c(N2CCN(C(C)C)CC2)n1. The van der Waals surface area contributed by atoms with Crippen LogP contribution in [0.3, 0.4) is 0 Å². The summed E-state index contributed by atoms with van der Waals surface area (Å²) in [6.45, 7) is 9.13. The number of carbonyl (C=O) groups is 2. The van der Waals surface area contributed by atoms with Crippen molar-refractivity contribution in [2.24, 2.45) is 11.8 Å². The van der Waals surface area contributed by atoms with E-state index in [0.717, 1.165) is 38.8 Å². The van der Waals surface area contributed by atoms with Crippen LogP contribution in [-0.4, -0.2) is 76.2 Å². The van der Waals surface area contributed by atoms with E-state index in [1.54, 1.807) is 0 Å². The lowest BCUT2D eigenvalue weighted by Gasteiger charge is -2.37. The molecule has 1 aliphatic heterocycles. The molecule has 0 radical (unpaired) electrons. The fourth-order valence-corrected chi connectivity index (χ4v) is 4.96. The second-order valence-corrected chi connectivity index (χ2v) is 9.72. The third-order valence-corrected chi connectivity index (χ3v) is 7.03. The Morgan fingerprint density at radius 1 is 1.24 bits per heavy atom. The first-order valence-electron chi connectivity index (χ1n) is 12.5. The van der Waals surface area contributed by atoms with Gasteiger partial charge in [0, 0.05) is 38.6 Å². The van der Waals surface area contributed by atoms with E-state index in [9.17, 15) is 14.8 Å². The number of aromatic nitrogens is 2. The van der Waals surface area contributed by atoms with E-state index >= 15 is 4.39 Å². The van der Waals surface area contributed by atoms with Crippen molar-refractivity contribution in [2.45, 2.75) is 71.9 Å². The van der Waals surface area contributed by atoms with Crippen LogP contribution in [0.2, 0.25) is 0 Å². The van der Waals surface area contributed by atoms with Crippen molar-refractivity contribution < 1.29 is 19.2 Å². The minimum atomic E-state index is -0.558. The highest BCUT2D eigenvalue weighted by Gasteiger charge is 2.28. The molecule has 1 aromatic heterocycles. The van der Waals surface area contributed by atoms with Gasteiger partial charge in [0.25, 0.3) is 0 Å². The zero-order valence-corrected chi connectivity index (χ0v) is 20.7. The number of nitrogens with zero attached hydrogens (tertiary/aromatic N) is 5. The van der Waals surface area contributed by atoms with Crippen LogP contribution in [0, 0.1) is 17.7 Å². The van der Waals surface area contributed by atoms with Crippen molar-refractivity contribution in [3.05, 3.63) is 17.3 Å². The van der Waals surface area contributed by atoms with Gasteiger partial charge in [-0.25, -0.2) is 19.4 Å². The largest absolute Gasteiger partial charge is 0.352 e. The number of aryl methyl sites for hydroxylation is 1. The van der Waals surface area contributed by atoms with Crippen molar-refractivity contribution in [3.63, 3.8) is 0 Å². The first-order valence-corrected chi connectivity index (χ1v) is 12.5. The van der Waals surface area contributed by atoms with E-state index in [1.165, 1.54) is 0 Å². The number of carbonyl (C=O) groups excluding carboxylic acids is 2. The quantitative estimate of drug-likeness (QED) is 0.286. The number of nitrogens with one attached hydrogen (secondary N) is 1. The third-order valence-electron chi connectivity index (χ3n) is 7.03. The maximum absolute atomic E-state index is 15.4. The van der Waals surface area contributed by atoms with E-state index in [1.807, 2.05) is 11.8 Å². The molecule has 3 rings (SSSR count). The van der Waals surface area contributed by atoms with E-state index in [4.69, 9.17) is 0 Å². The summed E-state index contributed by atoms with van der Waals surface area (Å²) in [6, 6.07) is 0.445. The van der Waals surface area contributed by atoms with Gasteiger partial charge in [-0.3, -0.25) is 19.7 Å². The van der Waals surface area contributed by atoms with Crippen molar-refractivity contribution in [3.8, 4) is 0 Å². The third kappa shape index (κ3) is 6.85. The van der Waals surface area contributed by atoms with Crippen LogP contribution in [-0.2, 0) is 22.6 Å². The normalized spacial score (nSPS) is 18.4. The number of rotatable bonds is 11. The highest BCUT2D eigenvalue weighted by molar-refractivity contribution is 5.79. The monoisotopic (exact) mass is 478 g/mol. The molecule has 2 amide bonds. The Morgan fingerprint density at radius 3 is 2.50 bits per heavy atom. The minimum absolute atomic E-state index is 0.0627. The van der Waals surface area contributed by atoms with Gasteiger partial charge < -0.3 is 10.2 Å². The second kappa shape index (κ2) is 12.4. The summed E-state index contributed by atoms with van der Waals surface area (Å²) < 4.78 is 15.4. The molecule has 2 fully saturated rings. The minimum Gasteiger partial charge on any atom is -0.352 e. The molecular formula is C24H39FN6O3. The maximum Gasteiger partial charge on any atom is 0.233 e. The predicted molar refractivity (Wildman–Crippen MR) is 127 cm³/mol. The molecular weight excluding hydrogens is 439 g/mol. The highest BCUT2D eigenvalue weighted by atomic mass is 19.1. The van der Waals surface area contributed by atoms with Crippen LogP contribution >= 0.6 is 0 Å². The number of halogens is 1. The molecule has 1 aliphatic carbocycles. The first-order chi connectivity index (χ1) is 16.3. The Balaban J connectivity index is 1.70. The summed E-state index contributed by atoms with van der Waals surface area (Å²) in [6.07, 6.45) is 5.81. The molecule has 2 heterocycles. The summed E-state index contributed by atoms with van der Waals surface area (Å²) in [7, 11) is 0. The van der Waals surface area contributed by atoms with Crippen LogP contribution in [0.25, 0.3) is 0 Å². The number of anilines is 1. The molecule has 10 heteroatoms. The molecule has 34 heavy (non-hydrogen) atoms. The van der Waals surface area contributed by atoms with Crippen LogP contribution in [0.5, 0.6) is 0 Å². The predicted octanol–water partition coefficient (Wildman–Crippen LogP) is 2.37. The number of hydroxylamine groups is 2. The van der Waals surface area contributed by atoms with Crippen molar-refractivity contribution in [1.82, 2.24) is 25.2 Å².